The lowest BCUT2D eigenvalue weighted by Gasteiger charge is -2.10. The van der Waals surface area contributed by atoms with Crippen LogP contribution < -0.4 is 5.32 Å². The molecule has 0 aromatic heterocycles. The zero-order valence-electron chi connectivity index (χ0n) is 14.7. The minimum absolute atomic E-state index is 0.0438. The van der Waals surface area contributed by atoms with Crippen molar-refractivity contribution in [3.05, 3.63) is 53.1 Å². The highest BCUT2D eigenvalue weighted by Crippen LogP contribution is 2.27. The van der Waals surface area contributed by atoms with Crippen LogP contribution in [-0.2, 0) is 21.1 Å². The molecule has 0 aliphatic rings. The first-order valence-corrected chi connectivity index (χ1v) is 9.80. The Balaban J connectivity index is 2.09. The molecule has 2 rings (SSSR count). The number of amides is 1. The van der Waals surface area contributed by atoms with Gasteiger partial charge < -0.3 is 10.4 Å². The molecular formula is C19H23NO4S. The molecule has 0 saturated carbocycles. The number of aromatic hydroxyl groups is 1. The number of phenolic OH excluding ortho intramolecular Hbond substituents is 1. The number of hydrogen-bond acceptors (Lipinski definition) is 4. The highest BCUT2D eigenvalue weighted by molar-refractivity contribution is 7.91. The first-order chi connectivity index (χ1) is 11.7. The number of nitrogens with one attached hydrogen (secondary N) is 1. The van der Waals surface area contributed by atoms with Gasteiger partial charge in [-0.3, -0.25) is 4.79 Å². The Morgan fingerprint density at radius 2 is 1.84 bits per heavy atom. The third kappa shape index (κ3) is 4.82. The first-order valence-electron chi connectivity index (χ1n) is 8.14. The molecule has 0 spiro atoms. The Labute approximate surface area is 148 Å². The van der Waals surface area contributed by atoms with Crippen LogP contribution in [-0.4, -0.2) is 25.2 Å². The monoisotopic (exact) mass is 361 g/mol. The molecule has 2 aromatic rings. The Bertz CT molecular complexity index is 888. The molecule has 1 amide bonds. The van der Waals surface area contributed by atoms with Crippen molar-refractivity contribution in [2.75, 3.05) is 11.1 Å². The van der Waals surface area contributed by atoms with Gasteiger partial charge in [-0.2, -0.15) is 0 Å². The van der Waals surface area contributed by atoms with E-state index in [0.29, 0.717) is 6.42 Å². The van der Waals surface area contributed by atoms with Gasteiger partial charge in [-0.05, 0) is 49.6 Å². The number of hydrogen-bond donors (Lipinski definition) is 2. The van der Waals surface area contributed by atoms with Crippen molar-refractivity contribution in [2.45, 2.75) is 38.5 Å². The molecule has 5 nitrogen and oxygen atoms in total. The summed E-state index contributed by atoms with van der Waals surface area (Å²) in [6.45, 7) is 5.57. The molecule has 2 aromatic carbocycles. The van der Waals surface area contributed by atoms with Crippen LogP contribution in [0, 0.1) is 13.8 Å². The molecule has 134 valence electrons. The van der Waals surface area contributed by atoms with E-state index in [1.54, 1.807) is 6.92 Å². The van der Waals surface area contributed by atoms with Crippen LogP contribution in [0.5, 0.6) is 5.75 Å². The van der Waals surface area contributed by atoms with Crippen molar-refractivity contribution in [2.24, 2.45) is 0 Å². The fourth-order valence-electron chi connectivity index (χ4n) is 2.56. The van der Waals surface area contributed by atoms with E-state index in [9.17, 15) is 18.3 Å². The topological polar surface area (TPSA) is 83.5 Å². The number of sulfone groups is 1. The standard InChI is InChI=1S/C19H23NO4S/c1-4-25(23,24)16-8-9-18(21)17(12-16)20-19(22)10-7-15-6-5-13(2)11-14(15)3/h5-6,8-9,11-12,21H,4,7,10H2,1-3H3,(H,20,22). The summed E-state index contributed by atoms with van der Waals surface area (Å²) in [7, 11) is -3.40. The Hall–Kier alpha value is -2.34. The smallest absolute Gasteiger partial charge is 0.224 e. The van der Waals surface area contributed by atoms with Gasteiger partial charge in [0.2, 0.25) is 5.91 Å². The van der Waals surface area contributed by atoms with Gasteiger partial charge in [0.1, 0.15) is 5.75 Å². The molecule has 0 unspecified atom stereocenters. The van der Waals surface area contributed by atoms with E-state index < -0.39 is 9.84 Å². The van der Waals surface area contributed by atoms with Crippen LogP contribution in [0.25, 0.3) is 0 Å². The quantitative estimate of drug-likeness (QED) is 0.773. The molecule has 0 saturated heterocycles. The van der Waals surface area contributed by atoms with Crippen LogP contribution in [0.2, 0.25) is 0 Å². The van der Waals surface area contributed by atoms with E-state index in [-0.39, 0.29) is 34.4 Å². The Kier molecular flexibility index (Phi) is 5.85. The second-order valence-electron chi connectivity index (χ2n) is 6.06. The van der Waals surface area contributed by atoms with Crippen molar-refractivity contribution < 1.29 is 18.3 Å². The maximum atomic E-state index is 12.2. The van der Waals surface area contributed by atoms with E-state index in [4.69, 9.17) is 0 Å². The lowest BCUT2D eigenvalue weighted by molar-refractivity contribution is -0.116. The normalized spacial score (nSPS) is 11.3. The molecule has 0 atom stereocenters. The van der Waals surface area contributed by atoms with Gasteiger partial charge in [-0.15, -0.1) is 0 Å². The maximum Gasteiger partial charge on any atom is 0.224 e. The highest BCUT2D eigenvalue weighted by atomic mass is 32.2. The van der Waals surface area contributed by atoms with Crippen LogP contribution in [0.4, 0.5) is 5.69 Å². The van der Waals surface area contributed by atoms with E-state index in [2.05, 4.69) is 11.4 Å². The van der Waals surface area contributed by atoms with Gasteiger partial charge in [0.05, 0.1) is 16.3 Å². The zero-order valence-corrected chi connectivity index (χ0v) is 15.5. The molecule has 0 bridgehead atoms. The van der Waals surface area contributed by atoms with E-state index >= 15 is 0 Å². The summed E-state index contributed by atoms with van der Waals surface area (Å²) in [4.78, 5) is 12.3. The summed E-state index contributed by atoms with van der Waals surface area (Å²) in [5.74, 6) is -0.478. The number of anilines is 1. The van der Waals surface area contributed by atoms with Gasteiger partial charge in [0.15, 0.2) is 9.84 Å². The summed E-state index contributed by atoms with van der Waals surface area (Å²) in [5, 5.41) is 12.5. The van der Waals surface area contributed by atoms with Crippen LogP contribution in [0.1, 0.15) is 30.0 Å². The fraction of sp³-hybridized carbons (Fsp3) is 0.316. The third-order valence-electron chi connectivity index (χ3n) is 4.10. The van der Waals surface area contributed by atoms with E-state index in [1.807, 2.05) is 26.0 Å². The second-order valence-corrected chi connectivity index (χ2v) is 8.34. The van der Waals surface area contributed by atoms with Crippen molar-refractivity contribution >= 4 is 21.4 Å². The summed E-state index contributed by atoms with van der Waals surface area (Å²) >= 11 is 0. The minimum atomic E-state index is -3.40. The van der Waals surface area contributed by atoms with E-state index in [0.717, 1.165) is 11.1 Å². The number of carbonyl (C=O) groups excluding carboxylic acids is 1. The van der Waals surface area contributed by atoms with E-state index in [1.165, 1.54) is 23.8 Å². The molecule has 0 aliphatic carbocycles. The molecule has 0 heterocycles. The fourth-order valence-corrected chi connectivity index (χ4v) is 3.47. The molecular weight excluding hydrogens is 338 g/mol. The molecule has 6 heteroatoms. The van der Waals surface area contributed by atoms with Crippen LogP contribution in [0.15, 0.2) is 41.3 Å². The average molecular weight is 361 g/mol. The Morgan fingerprint density at radius 3 is 2.48 bits per heavy atom. The molecule has 0 aliphatic heterocycles. The summed E-state index contributed by atoms with van der Waals surface area (Å²) in [6.07, 6.45) is 0.819. The third-order valence-corrected chi connectivity index (χ3v) is 5.83. The first kappa shape index (κ1) is 19.0. The van der Waals surface area contributed by atoms with Crippen molar-refractivity contribution in [1.29, 1.82) is 0 Å². The lowest BCUT2D eigenvalue weighted by Crippen LogP contribution is -2.13. The predicted octanol–water partition coefficient (Wildman–Crippen LogP) is 3.37. The summed E-state index contributed by atoms with van der Waals surface area (Å²) in [6, 6.07) is 9.98. The van der Waals surface area contributed by atoms with Crippen molar-refractivity contribution in [3.63, 3.8) is 0 Å². The van der Waals surface area contributed by atoms with Crippen molar-refractivity contribution in [3.8, 4) is 5.75 Å². The lowest BCUT2D eigenvalue weighted by atomic mass is 10.0. The number of phenols is 1. The number of aryl methyl sites for hydroxylation is 3. The van der Waals surface area contributed by atoms with Gasteiger partial charge >= 0.3 is 0 Å². The molecule has 0 fully saturated rings. The number of benzene rings is 2. The average Bonchev–Trinajstić information content (AvgIpc) is 2.56. The molecule has 2 N–H and O–H groups in total. The largest absolute Gasteiger partial charge is 0.506 e. The van der Waals surface area contributed by atoms with Gasteiger partial charge in [0, 0.05) is 6.42 Å². The van der Waals surface area contributed by atoms with Gasteiger partial charge in [0.25, 0.3) is 0 Å². The van der Waals surface area contributed by atoms with Crippen molar-refractivity contribution in [1.82, 2.24) is 0 Å². The molecule has 25 heavy (non-hydrogen) atoms. The van der Waals surface area contributed by atoms with Gasteiger partial charge in [-0.1, -0.05) is 30.7 Å². The highest BCUT2D eigenvalue weighted by Gasteiger charge is 2.15. The molecule has 0 radical (unpaired) electrons. The van der Waals surface area contributed by atoms with Gasteiger partial charge in [-0.25, -0.2) is 8.42 Å². The second kappa shape index (κ2) is 7.70. The van der Waals surface area contributed by atoms with Crippen LogP contribution in [0.3, 0.4) is 0 Å². The number of rotatable bonds is 6. The summed E-state index contributed by atoms with van der Waals surface area (Å²) in [5.41, 5.74) is 3.50. The number of carbonyl (C=O) groups is 1. The zero-order chi connectivity index (χ0) is 18.6. The minimum Gasteiger partial charge on any atom is -0.506 e. The van der Waals surface area contributed by atoms with Crippen LogP contribution >= 0.6 is 0 Å². The maximum absolute atomic E-state index is 12.2. The SMILES string of the molecule is CCS(=O)(=O)c1ccc(O)c(NC(=O)CCc2ccc(C)cc2C)c1. The Morgan fingerprint density at radius 1 is 1.12 bits per heavy atom. The summed E-state index contributed by atoms with van der Waals surface area (Å²) < 4.78 is 23.9. The predicted molar refractivity (Wildman–Crippen MR) is 98.7 cm³/mol.